The Morgan fingerprint density at radius 3 is 2.88 bits per heavy atom. The topological polar surface area (TPSA) is 65.5 Å². The summed E-state index contributed by atoms with van der Waals surface area (Å²) in [5.41, 5.74) is 1.92. The third-order valence-electron chi connectivity index (χ3n) is 4.54. The van der Waals surface area contributed by atoms with E-state index in [4.69, 9.17) is 0 Å². The van der Waals surface area contributed by atoms with Gasteiger partial charge in [-0.3, -0.25) is 4.79 Å². The van der Waals surface area contributed by atoms with Gasteiger partial charge in [0, 0.05) is 29.9 Å². The summed E-state index contributed by atoms with van der Waals surface area (Å²) in [6.07, 6.45) is 3.45. The minimum atomic E-state index is 0.0229. The summed E-state index contributed by atoms with van der Waals surface area (Å²) in [6.45, 7) is 8.43. The van der Waals surface area contributed by atoms with Crippen molar-refractivity contribution in [2.24, 2.45) is 10.9 Å². The number of nitrogens with one attached hydrogen (secondary N) is 3. The fourth-order valence-electron chi connectivity index (χ4n) is 2.73. The molecular weight excluding hydrogens is 344 g/mol. The normalized spacial score (nSPS) is 18.4. The van der Waals surface area contributed by atoms with E-state index >= 15 is 0 Å². The first-order valence-electron chi connectivity index (χ1n) is 9.66. The second-order valence-electron chi connectivity index (χ2n) is 6.71. The van der Waals surface area contributed by atoms with E-state index in [0.717, 1.165) is 36.7 Å². The number of aliphatic imine (C=N–C) groups is 1. The lowest BCUT2D eigenvalue weighted by molar-refractivity contribution is -0.119. The van der Waals surface area contributed by atoms with Gasteiger partial charge in [-0.15, -0.1) is 0 Å². The zero-order valence-corrected chi connectivity index (χ0v) is 17.0. The van der Waals surface area contributed by atoms with Gasteiger partial charge >= 0.3 is 0 Å². The number of carbonyl (C=O) groups is 1. The maximum Gasteiger partial charge on any atom is 0.227 e. The first-order chi connectivity index (χ1) is 12.6. The van der Waals surface area contributed by atoms with E-state index in [0.29, 0.717) is 11.8 Å². The Hall–Kier alpha value is -1.69. The van der Waals surface area contributed by atoms with E-state index in [-0.39, 0.29) is 11.8 Å². The van der Waals surface area contributed by atoms with Gasteiger partial charge in [0.1, 0.15) is 0 Å². The van der Waals surface area contributed by atoms with Gasteiger partial charge in [0.15, 0.2) is 5.96 Å². The van der Waals surface area contributed by atoms with E-state index in [2.05, 4.69) is 27.9 Å². The fraction of sp³-hybridized carbons (Fsp3) is 0.600. The highest BCUT2D eigenvalue weighted by atomic mass is 32.2. The molecule has 3 N–H and O–H groups in total. The molecule has 0 spiro atoms. The summed E-state index contributed by atoms with van der Waals surface area (Å²) in [4.78, 5) is 16.7. The molecular formula is C20H32N4OS. The number of rotatable bonds is 8. The van der Waals surface area contributed by atoms with E-state index in [1.807, 2.05) is 49.9 Å². The van der Waals surface area contributed by atoms with Crippen molar-refractivity contribution in [1.29, 1.82) is 0 Å². The molecule has 1 fully saturated rings. The number of guanidine groups is 1. The Bertz CT molecular complexity index is 599. The standard InChI is InChI=1S/C20H32N4OS/c1-4-15(3)19(25)24-17-9-6-8-16(12-17)13-22-20(21-5-2)23-14-18-10-7-11-26-18/h6,8-9,12,15,18H,4-5,7,10-11,13-14H2,1-3H3,(H,24,25)(H2,21,22,23). The van der Waals surface area contributed by atoms with Crippen LogP contribution in [0.4, 0.5) is 5.69 Å². The second-order valence-corrected chi connectivity index (χ2v) is 8.12. The minimum Gasteiger partial charge on any atom is -0.357 e. The number of nitrogens with zero attached hydrogens (tertiary/aromatic N) is 1. The average Bonchev–Trinajstić information content (AvgIpc) is 3.17. The summed E-state index contributed by atoms with van der Waals surface area (Å²) in [5.74, 6) is 2.22. The Morgan fingerprint density at radius 2 is 2.19 bits per heavy atom. The van der Waals surface area contributed by atoms with Crippen LogP contribution in [0.5, 0.6) is 0 Å². The summed E-state index contributed by atoms with van der Waals surface area (Å²) in [5, 5.41) is 10.4. The van der Waals surface area contributed by atoms with Crippen LogP contribution in [0.15, 0.2) is 29.3 Å². The molecule has 1 aromatic carbocycles. The number of hydrogen-bond acceptors (Lipinski definition) is 3. The van der Waals surface area contributed by atoms with Crippen LogP contribution in [-0.2, 0) is 11.3 Å². The van der Waals surface area contributed by atoms with Crippen molar-refractivity contribution in [1.82, 2.24) is 10.6 Å². The van der Waals surface area contributed by atoms with E-state index in [9.17, 15) is 4.79 Å². The number of amides is 1. The first-order valence-corrected chi connectivity index (χ1v) is 10.7. The Labute approximate surface area is 161 Å². The molecule has 1 heterocycles. The van der Waals surface area contributed by atoms with Crippen LogP contribution in [0, 0.1) is 5.92 Å². The van der Waals surface area contributed by atoms with Gasteiger partial charge in [0.2, 0.25) is 5.91 Å². The molecule has 26 heavy (non-hydrogen) atoms. The molecule has 5 nitrogen and oxygen atoms in total. The van der Waals surface area contributed by atoms with Crippen molar-refractivity contribution in [2.45, 2.75) is 51.8 Å². The van der Waals surface area contributed by atoms with Crippen LogP contribution in [-0.4, -0.2) is 36.0 Å². The van der Waals surface area contributed by atoms with Gasteiger partial charge in [0.05, 0.1) is 6.54 Å². The second kappa shape index (κ2) is 11.1. The van der Waals surface area contributed by atoms with Crippen LogP contribution in [0.3, 0.4) is 0 Å². The van der Waals surface area contributed by atoms with Gasteiger partial charge < -0.3 is 16.0 Å². The van der Waals surface area contributed by atoms with Crippen molar-refractivity contribution in [2.75, 3.05) is 24.2 Å². The number of hydrogen-bond donors (Lipinski definition) is 3. The van der Waals surface area contributed by atoms with E-state index in [1.165, 1.54) is 18.6 Å². The van der Waals surface area contributed by atoms with Crippen LogP contribution in [0.1, 0.15) is 45.6 Å². The third-order valence-corrected chi connectivity index (χ3v) is 5.94. The zero-order chi connectivity index (χ0) is 18.8. The molecule has 0 aromatic heterocycles. The van der Waals surface area contributed by atoms with Crippen molar-refractivity contribution in [3.05, 3.63) is 29.8 Å². The Kier molecular flexibility index (Phi) is 8.81. The smallest absolute Gasteiger partial charge is 0.227 e. The number of carbonyl (C=O) groups excluding carboxylic acids is 1. The molecule has 1 amide bonds. The fourth-order valence-corrected chi connectivity index (χ4v) is 3.93. The van der Waals surface area contributed by atoms with Gasteiger partial charge in [-0.25, -0.2) is 4.99 Å². The monoisotopic (exact) mass is 376 g/mol. The first kappa shape index (κ1) is 20.6. The highest BCUT2D eigenvalue weighted by molar-refractivity contribution is 8.00. The van der Waals surface area contributed by atoms with Crippen LogP contribution in [0.25, 0.3) is 0 Å². The molecule has 1 aromatic rings. The number of thioether (sulfide) groups is 1. The molecule has 0 aliphatic carbocycles. The zero-order valence-electron chi connectivity index (χ0n) is 16.2. The molecule has 0 bridgehead atoms. The molecule has 2 rings (SSSR count). The number of anilines is 1. The predicted octanol–water partition coefficient (Wildman–Crippen LogP) is 3.62. The lowest BCUT2D eigenvalue weighted by Gasteiger charge is -2.14. The lowest BCUT2D eigenvalue weighted by Crippen LogP contribution is -2.40. The van der Waals surface area contributed by atoms with Crippen molar-refractivity contribution in [3.63, 3.8) is 0 Å². The molecule has 144 valence electrons. The van der Waals surface area contributed by atoms with Gasteiger partial charge in [0.25, 0.3) is 0 Å². The maximum absolute atomic E-state index is 12.1. The molecule has 0 saturated carbocycles. The Balaban J connectivity index is 1.92. The molecule has 1 saturated heterocycles. The summed E-state index contributed by atoms with van der Waals surface area (Å²) in [7, 11) is 0. The molecule has 2 unspecified atom stereocenters. The maximum atomic E-state index is 12.1. The minimum absolute atomic E-state index is 0.0229. The van der Waals surface area contributed by atoms with Crippen molar-refractivity contribution < 1.29 is 4.79 Å². The van der Waals surface area contributed by atoms with Crippen LogP contribution >= 0.6 is 11.8 Å². The highest BCUT2D eigenvalue weighted by Gasteiger charge is 2.15. The largest absolute Gasteiger partial charge is 0.357 e. The molecule has 2 atom stereocenters. The number of benzene rings is 1. The van der Waals surface area contributed by atoms with E-state index < -0.39 is 0 Å². The van der Waals surface area contributed by atoms with E-state index in [1.54, 1.807) is 0 Å². The summed E-state index contributed by atoms with van der Waals surface area (Å²) < 4.78 is 0. The average molecular weight is 377 g/mol. The van der Waals surface area contributed by atoms with Gasteiger partial charge in [-0.05, 0) is 49.6 Å². The van der Waals surface area contributed by atoms with Crippen LogP contribution in [0.2, 0.25) is 0 Å². The van der Waals surface area contributed by atoms with Crippen LogP contribution < -0.4 is 16.0 Å². The van der Waals surface area contributed by atoms with Crippen molar-refractivity contribution in [3.8, 4) is 0 Å². The highest BCUT2D eigenvalue weighted by Crippen LogP contribution is 2.25. The van der Waals surface area contributed by atoms with Gasteiger partial charge in [-0.2, -0.15) is 11.8 Å². The molecule has 1 aliphatic heterocycles. The predicted molar refractivity (Wildman–Crippen MR) is 113 cm³/mol. The summed E-state index contributed by atoms with van der Waals surface area (Å²) in [6, 6.07) is 7.93. The SMILES string of the molecule is CCNC(=NCc1cccc(NC(=O)C(C)CC)c1)NCC1CCCS1. The summed E-state index contributed by atoms with van der Waals surface area (Å²) >= 11 is 2.04. The molecule has 0 radical (unpaired) electrons. The molecule has 6 heteroatoms. The lowest BCUT2D eigenvalue weighted by atomic mass is 10.1. The molecule has 1 aliphatic rings. The Morgan fingerprint density at radius 1 is 1.35 bits per heavy atom. The van der Waals surface area contributed by atoms with Crippen molar-refractivity contribution >= 4 is 29.3 Å². The third kappa shape index (κ3) is 6.90. The quantitative estimate of drug-likeness (QED) is 0.479. The van der Waals surface area contributed by atoms with Gasteiger partial charge in [-0.1, -0.05) is 26.0 Å².